The lowest BCUT2D eigenvalue weighted by Gasteiger charge is -2.32. The molecule has 7 heteroatoms. The van der Waals surface area contributed by atoms with E-state index in [2.05, 4.69) is 16.8 Å². The highest BCUT2D eigenvalue weighted by molar-refractivity contribution is 6.01. The summed E-state index contributed by atoms with van der Waals surface area (Å²) in [6.45, 7) is 3.88. The highest BCUT2D eigenvalue weighted by atomic mass is 19.1. The van der Waals surface area contributed by atoms with Crippen LogP contribution in [0, 0.1) is 5.82 Å². The molecule has 0 spiro atoms. The fourth-order valence-corrected chi connectivity index (χ4v) is 5.37. The predicted molar refractivity (Wildman–Crippen MR) is 151 cm³/mol. The van der Waals surface area contributed by atoms with E-state index in [4.69, 9.17) is 4.74 Å². The molecular weight excluding hydrogens is 495 g/mol. The summed E-state index contributed by atoms with van der Waals surface area (Å²) in [5.74, 6) is -1.40. The Morgan fingerprint density at radius 1 is 1.00 bits per heavy atom. The summed E-state index contributed by atoms with van der Waals surface area (Å²) in [5, 5.41) is 14.4. The van der Waals surface area contributed by atoms with Gasteiger partial charge in [-0.15, -0.1) is 0 Å². The number of hydrogen-bond donors (Lipinski definition) is 2. The number of hydrogen-bond acceptors (Lipinski definition) is 3. The minimum absolute atomic E-state index is 0.206. The van der Waals surface area contributed by atoms with Crippen LogP contribution in [0.3, 0.4) is 0 Å². The van der Waals surface area contributed by atoms with Gasteiger partial charge in [-0.1, -0.05) is 62.9 Å². The lowest BCUT2D eigenvalue weighted by atomic mass is 9.81. The SMILES string of the molecule is CCCCCCC(NC(C)=O)(C(=O)O)c1c(-c2ccc(F)cc2)n(Cc2ccccc2)c2ccc(OC)cc12. The Balaban J connectivity index is 2.11. The van der Waals surface area contributed by atoms with Crippen LogP contribution in [0.4, 0.5) is 4.39 Å². The third-order valence-corrected chi connectivity index (χ3v) is 7.16. The summed E-state index contributed by atoms with van der Waals surface area (Å²) in [4.78, 5) is 25.9. The van der Waals surface area contributed by atoms with E-state index >= 15 is 0 Å². The standard InChI is InChI=1S/C32H35FN2O4/c1-4-5-6-10-19-32(31(37)38,34-22(2)36)29-27-20-26(39-3)17-18-28(27)35(21-23-11-8-7-9-12-23)30(29)24-13-15-25(33)16-14-24/h7-9,11-18,20H,4-6,10,19,21H2,1-3H3,(H,34,36)(H,37,38). The number of fused-ring (bicyclic) bond motifs is 1. The van der Waals surface area contributed by atoms with Crippen molar-refractivity contribution in [2.75, 3.05) is 7.11 Å². The minimum atomic E-state index is -1.71. The van der Waals surface area contributed by atoms with Gasteiger partial charge in [-0.2, -0.15) is 0 Å². The molecule has 0 aliphatic rings. The zero-order chi connectivity index (χ0) is 28.0. The first-order chi connectivity index (χ1) is 18.8. The van der Waals surface area contributed by atoms with Gasteiger partial charge < -0.3 is 19.7 Å². The molecule has 4 aromatic rings. The van der Waals surface area contributed by atoms with Gasteiger partial charge in [-0.05, 0) is 60.0 Å². The number of rotatable bonds is 12. The van der Waals surface area contributed by atoms with Gasteiger partial charge in [0.15, 0.2) is 5.54 Å². The Morgan fingerprint density at radius 2 is 1.72 bits per heavy atom. The molecule has 3 aromatic carbocycles. The number of nitrogens with one attached hydrogen (secondary N) is 1. The van der Waals surface area contributed by atoms with Gasteiger partial charge in [0.25, 0.3) is 0 Å². The van der Waals surface area contributed by atoms with Crippen molar-refractivity contribution in [2.45, 2.75) is 58.0 Å². The Morgan fingerprint density at radius 3 is 2.33 bits per heavy atom. The van der Waals surface area contributed by atoms with Crippen molar-refractivity contribution < 1.29 is 23.8 Å². The van der Waals surface area contributed by atoms with E-state index in [-0.39, 0.29) is 6.42 Å². The molecule has 204 valence electrons. The fourth-order valence-electron chi connectivity index (χ4n) is 5.37. The minimum Gasteiger partial charge on any atom is -0.497 e. The van der Waals surface area contributed by atoms with Gasteiger partial charge in [0.1, 0.15) is 11.6 Å². The van der Waals surface area contributed by atoms with Crippen LogP contribution in [0.1, 0.15) is 57.1 Å². The van der Waals surface area contributed by atoms with Crippen molar-refractivity contribution in [3.8, 4) is 17.0 Å². The third kappa shape index (κ3) is 5.82. The molecule has 0 saturated heterocycles. The summed E-state index contributed by atoms with van der Waals surface area (Å²) in [6, 6.07) is 21.5. The fraction of sp³-hybridized carbons (Fsp3) is 0.312. The Hall–Kier alpha value is -4.13. The van der Waals surface area contributed by atoms with Crippen molar-refractivity contribution in [3.05, 3.63) is 89.7 Å². The molecule has 0 fully saturated rings. The second kappa shape index (κ2) is 12.2. The van der Waals surface area contributed by atoms with E-state index in [9.17, 15) is 19.1 Å². The number of methoxy groups -OCH3 is 1. The average molecular weight is 531 g/mol. The molecule has 2 N–H and O–H groups in total. The molecule has 0 saturated carbocycles. The summed E-state index contributed by atoms with van der Waals surface area (Å²) < 4.78 is 21.6. The Kier molecular flexibility index (Phi) is 8.69. The zero-order valence-corrected chi connectivity index (χ0v) is 22.7. The van der Waals surface area contributed by atoms with Crippen LogP contribution in [0.2, 0.25) is 0 Å². The molecule has 0 aliphatic carbocycles. The number of ether oxygens (including phenoxy) is 1. The highest BCUT2D eigenvalue weighted by Gasteiger charge is 2.45. The molecule has 1 heterocycles. The summed E-state index contributed by atoms with van der Waals surface area (Å²) in [5.41, 5.74) is 1.84. The second-order valence-electron chi connectivity index (χ2n) is 9.89. The van der Waals surface area contributed by atoms with Gasteiger partial charge in [-0.25, -0.2) is 9.18 Å². The van der Waals surface area contributed by atoms with Crippen LogP contribution in [0.15, 0.2) is 72.8 Å². The van der Waals surface area contributed by atoms with E-state index in [1.807, 2.05) is 48.5 Å². The average Bonchev–Trinajstić information content (AvgIpc) is 3.24. The van der Waals surface area contributed by atoms with Crippen molar-refractivity contribution in [1.82, 2.24) is 9.88 Å². The normalized spacial score (nSPS) is 12.7. The number of carbonyl (C=O) groups excluding carboxylic acids is 1. The highest BCUT2D eigenvalue weighted by Crippen LogP contribution is 2.44. The van der Waals surface area contributed by atoms with Crippen LogP contribution in [-0.2, 0) is 21.7 Å². The van der Waals surface area contributed by atoms with Crippen molar-refractivity contribution in [1.29, 1.82) is 0 Å². The van der Waals surface area contributed by atoms with Crippen molar-refractivity contribution in [3.63, 3.8) is 0 Å². The molecule has 1 amide bonds. The molecule has 4 rings (SSSR count). The predicted octanol–water partition coefficient (Wildman–Crippen LogP) is 6.89. The van der Waals surface area contributed by atoms with Gasteiger partial charge in [0.2, 0.25) is 5.91 Å². The van der Waals surface area contributed by atoms with Crippen LogP contribution in [0.5, 0.6) is 5.75 Å². The van der Waals surface area contributed by atoms with E-state index in [1.165, 1.54) is 19.1 Å². The quantitative estimate of drug-likeness (QED) is 0.196. The van der Waals surface area contributed by atoms with E-state index < -0.39 is 23.2 Å². The number of carboxylic acids is 1. The summed E-state index contributed by atoms with van der Waals surface area (Å²) in [6.07, 6.45) is 3.61. The smallest absolute Gasteiger partial charge is 0.334 e. The first-order valence-electron chi connectivity index (χ1n) is 13.3. The first-order valence-corrected chi connectivity index (χ1v) is 13.3. The molecule has 0 aliphatic heterocycles. The molecule has 39 heavy (non-hydrogen) atoms. The number of carboxylic acid groups (broad SMARTS) is 1. The summed E-state index contributed by atoms with van der Waals surface area (Å²) >= 11 is 0. The molecule has 1 unspecified atom stereocenters. The van der Waals surface area contributed by atoms with Crippen LogP contribution >= 0.6 is 0 Å². The van der Waals surface area contributed by atoms with Crippen LogP contribution < -0.4 is 10.1 Å². The largest absolute Gasteiger partial charge is 0.497 e. The molecular formula is C32H35FN2O4. The van der Waals surface area contributed by atoms with E-state index in [1.54, 1.807) is 19.2 Å². The lowest BCUT2D eigenvalue weighted by molar-refractivity contribution is -0.148. The maximum atomic E-state index is 14.1. The van der Waals surface area contributed by atoms with Crippen LogP contribution in [0.25, 0.3) is 22.2 Å². The number of halogens is 1. The molecule has 6 nitrogen and oxygen atoms in total. The number of unbranched alkanes of at least 4 members (excludes halogenated alkanes) is 3. The number of aromatic nitrogens is 1. The second-order valence-corrected chi connectivity index (χ2v) is 9.89. The van der Waals surface area contributed by atoms with E-state index in [0.717, 1.165) is 30.3 Å². The van der Waals surface area contributed by atoms with Gasteiger partial charge in [-0.3, -0.25) is 4.79 Å². The number of aliphatic carboxylic acids is 1. The van der Waals surface area contributed by atoms with Gasteiger partial charge in [0.05, 0.1) is 12.8 Å². The van der Waals surface area contributed by atoms with Crippen molar-refractivity contribution >= 4 is 22.8 Å². The molecule has 0 radical (unpaired) electrons. The van der Waals surface area contributed by atoms with Gasteiger partial charge >= 0.3 is 5.97 Å². The lowest BCUT2D eigenvalue weighted by Crippen LogP contribution is -2.51. The summed E-state index contributed by atoms with van der Waals surface area (Å²) in [7, 11) is 1.56. The van der Waals surface area contributed by atoms with Crippen molar-refractivity contribution in [2.24, 2.45) is 0 Å². The van der Waals surface area contributed by atoms with E-state index in [0.29, 0.717) is 40.9 Å². The maximum absolute atomic E-state index is 14.1. The monoisotopic (exact) mass is 530 g/mol. The molecule has 1 atom stereocenters. The topological polar surface area (TPSA) is 80.6 Å². The number of nitrogens with zero attached hydrogens (tertiary/aromatic N) is 1. The number of carbonyl (C=O) groups is 2. The number of amides is 1. The van der Waals surface area contributed by atoms with Gasteiger partial charge in [0, 0.05) is 29.9 Å². The zero-order valence-electron chi connectivity index (χ0n) is 22.7. The molecule has 1 aromatic heterocycles. The first kappa shape index (κ1) is 27.9. The molecule has 0 bridgehead atoms. The number of benzene rings is 3. The Labute approximate surface area is 228 Å². The van der Waals surface area contributed by atoms with Crippen LogP contribution in [-0.4, -0.2) is 28.7 Å². The third-order valence-electron chi connectivity index (χ3n) is 7.16. The maximum Gasteiger partial charge on any atom is 0.334 e. The Bertz CT molecular complexity index is 1450.